The van der Waals surface area contributed by atoms with Crippen LogP contribution < -0.4 is 24.7 Å². The Morgan fingerprint density at radius 1 is 1.06 bits per heavy atom. The molecule has 2 aromatic heterocycles. The van der Waals surface area contributed by atoms with Crippen LogP contribution in [0.15, 0.2) is 42.6 Å². The van der Waals surface area contributed by atoms with Crippen molar-refractivity contribution < 1.29 is 23.7 Å². The Morgan fingerprint density at radius 2 is 1.91 bits per heavy atom. The Morgan fingerprint density at radius 3 is 2.74 bits per heavy atom. The summed E-state index contributed by atoms with van der Waals surface area (Å²) in [4.78, 5) is 28.4. The largest absolute Gasteiger partial charge is 0.480 e. The molecule has 2 aliphatic rings. The van der Waals surface area contributed by atoms with Gasteiger partial charge in [0.05, 0.1) is 48.8 Å². The monoisotopic (exact) mass is 471 g/mol. The molecule has 0 aliphatic carbocycles. The number of hydrogen-bond acceptors (Lipinski definition) is 9. The van der Waals surface area contributed by atoms with Gasteiger partial charge in [0.2, 0.25) is 12.7 Å². The van der Waals surface area contributed by atoms with E-state index in [0.717, 1.165) is 11.1 Å². The van der Waals surface area contributed by atoms with Crippen LogP contribution in [-0.2, 0) is 13.1 Å². The van der Waals surface area contributed by atoms with E-state index in [4.69, 9.17) is 29.7 Å². The molecule has 6 rings (SSSR count). The lowest BCUT2D eigenvalue weighted by Crippen LogP contribution is -2.23. The summed E-state index contributed by atoms with van der Waals surface area (Å²) in [7, 11) is 3.02. The van der Waals surface area contributed by atoms with E-state index >= 15 is 0 Å². The number of amides is 1. The number of aromatic nitrogens is 3. The van der Waals surface area contributed by atoms with Crippen LogP contribution in [0.2, 0.25) is 0 Å². The normalized spacial score (nSPS) is 13.9. The van der Waals surface area contributed by atoms with Gasteiger partial charge in [-0.1, -0.05) is 24.3 Å². The number of hydrogen-bond donors (Lipinski definition) is 1. The van der Waals surface area contributed by atoms with Gasteiger partial charge in [0.15, 0.2) is 11.5 Å². The molecule has 0 bridgehead atoms. The lowest BCUT2D eigenvalue weighted by molar-refractivity contribution is 0.0767. The molecular formula is C25H21N5O5. The number of rotatable bonds is 5. The Balaban J connectivity index is 1.40. The van der Waals surface area contributed by atoms with Crippen molar-refractivity contribution in [3.8, 4) is 34.5 Å². The standard InChI is InChI=1S/C25H21N5O5/c1-32-23-16(9-27-25(29-23)33-2)14-4-3-5-15-21(26)20-17(28-22(14)15)11-30(24(20)31)10-13-6-7-18-19(8-13)35-12-34-18/h3-9H,10-12H2,1-2H3,(H2,26,28). The minimum atomic E-state index is -0.152. The molecule has 0 unspecified atom stereocenters. The van der Waals surface area contributed by atoms with Gasteiger partial charge in [0.1, 0.15) is 0 Å². The van der Waals surface area contributed by atoms with E-state index in [1.807, 2.05) is 36.4 Å². The minimum absolute atomic E-state index is 0.152. The third-order valence-corrected chi connectivity index (χ3v) is 6.18. The van der Waals surface area contributed by atoms with Gasteiger partial charge in [0.25, 0.3) is 5.91 Å². The maximum Gasteiger partial charge on any atom is 0.319 e. The number of ether oxygens (including phenoxy) is 4. The highest BCUT2D eigenvalue weighted by atomic mass is 16.7. The van der Waals surface area contributed by atoms with Crippen LogP contribution in [0.1, 0.15) is 21.6 Å². The highest BCUT2D eigenvalue weighted by molar-refractivity contribution is 6.11. The number of carbonyl (C=O) groups excluding carboxylic acids is 1. The number of para-hydroxylation sites is 1. The van der Waals surface area contributed by atoms with E-state index in [1.165, 1.54) is 14.2 Å². The van der Waals surface area contributed by atoms with Gasteiger partial charge >= 0.3 is 6.01 Å². The first-order valence-electron chi connectivity index (χ1n) is 10.9. The molecule has 0 saturated carbocycles. The molecule has 0 radical (unpaired) electrons. The van der Waals surface area contributed by atoms with Crippen LogP contribution in [0.3, 0.4) is 0 Å². The van der Waals surface area contributed by atoms with Crippen molar-refractivity contribution in [3.63, 3.8) is 0 Å². The van der Waals surface area contributed by atoms with Gasteiger partial charge in [-0.15, -0.1) is 0 Å². The number of carbonyl (C=O) groups is 1. The molecule has 10 nitrogen and oxygen atoms in total. The van der Waals surface area contributed by atoms with Gasteiger partial charge in [-0.25, -0.2) is 9.97 Å². The third-order valence-electron chi connectivity index (χ3n) is 6.18. The summed E-state index contributed by atoms with van der Waals surface area (Å²) in [5, 5.41) is 0.678. The molecule has 2 N–H and O–H groups in total. The van der Waals surface area contributed by atoms with Crippen LogP contribution in [0.4, 0.5) is 5.69 Å². The first kappa shape index (κ1) is 21.0. The highest BCUT2D eigenvalue weighted by Crippen LogP contribution is 2.39. The fraction of sp³-hybridized carbons (Fsp3) is 0.200. The second kappa shape index (κ2) is 8.01. The molecule has 1 amide bonds. The van der Waals surface area contributed by atoms with Crippen LogP contribution in [0, 0.1) is 0 Å². The van der Waals surface area contributed by atoms with Gasteiger partial charge in [-0.2, -0.15) is 4.98 Å². The predicted molar refractivity (Wildman–Crippen MR) is 126 cm³/mol. The molecule has 2 aliphatic heterocycles. The maximum atomic E-state index is 13.3. The molecule has 0 fully saturated rings. The van der Waals surface area contributed by atoms with E-state index < -0.39 is 0 Å². The second-order valence-corrected chi connectivity index (χ2v) is 8.18. The molecule has 0 saturated heterocycles. The first-order chi connectivity index (χ1) is 17.1. The Labute approximate surface area is 200 Å². The Kier molecular flexibility index (Phi) is 4.80. The second-order valence-electron chi connectivity index (χ2n) is 8.18. The summed E-state index contributed by atoms with van der Waals surface area (Å²) in [6.45, 7) is 0.939. The zero-order valence-electron chi connectivity index (χ0n) is 19.1. The predicted octanol–water partition coefficient (Wildman–Crippen LogP) is 3.18. The molecule has 4 aromatic rings. The van der Waals surface area contributed by atoms with Gasteiger partial charge in [0, 0.05) is 23.7 Å². The first-order valence-corrected chi connectivity index (χ1v) is 10.9. The van der Waals surface area contributed by atoms with Gasteiger partial charge in [-0.3, -0.25) is 4.79 Å². The lowest BCUT2D eigenvalue weighted by atomic mass is 10.0. The summed E-state index contributed by atoms with van der Waals surface area (Å²) in [6, 6.07) is 11.5. The molecule has 2 aromatic carbocycles. The highest BCUT2D eigenvalue weighted by Gasteiger charge is 2.33. The molecule has 176 valence electrons. The number of pyridine rings is 1. The zero-order valence-corrected chi connectivity index (χ0v) is 19.1. The van der Waals surface area contributed by atoms with Crippen molar-refractivity contribution in [1.29, 1.82) is 0 Å². The molecule has 35 heavy (non-hydrogen) atoms. The van der Waals surface area contributed by atoms with E-state index in [9.17, 15) is 4.79 Å². The summed E-state index contributed by atoms with van der Waals surface area (Å²) in [6.07, 6.45) is 1.63. The number of anilines is 1. The van der Waals surface area contributed by atoms with Crippen LogP contribution in [-0.4, -0.2) is 46.8 Å². The van der Waals surface area contributed by atoms with E-state index in [1.54, 1.807) is 11.1 Å². The fourth-order valence-electron chi connectivity index (χ4n) is 4.52. The summed E-state index contributed by atoms with van der Waals surface area (Å²) in [5.41, 5.74) is 11.0. The van der Waals surface area contributed by atoms with Crippen LogP contribution in [0.5, 0.6) is 23.4 Å². The van der Waals surface area contributed by atoms with Crippen molar-refractivity contribution in [2.45, 2.75) is 13.1 Å². The number of benzene rings is 2. The van der Waals surface area contributed by atoms with Crippen LogP contribution >= 0.6 is 0 Å². The van der Waals surface area contributed by atoms with Crippen molar-refractivity contribution in [3.05, 3.63) is 59.4 Å². The fourth-order valence-corrected chi connectivity index (χ4v) is 4.52. The van der Waals surface area contributed by atoms with Crippen molar-refractivity contribution in [1.82, 2.24) is 19.9 Å². The number of methoxy groups -OCH3 is 2. The smallest absolute Gasteiger partial charge is 0.319 e. The molecule has 0 atom stereocenters. The van der Waals surface area contributed by atoms with Gasteiger partial charge < -0.3 is 29.6 Å². The number of nitrogens with zero attached hydrogens (tertiary/aromatic N) is 4. The SMILES string of the molecule is COc1ncc(-c2cccc3c(N)c4c(nc23)CN(Cc2ccc3c(c2)OCO3)C4=O)c(OC)n1. The lowest BCUT2D eigenvalue weighted by Gasteiger charge is -2.15. The molecule has 4 heterocycles. The van der Waals surface area contributed by atoms with E-state index in [0.29, 0.717) is 63.9 Å². The van der Waals surface area contributed by atoms with E-state index in [2.05, 4.69) is 9.97 Å². The summed E-state index contributed by atoms with van der Waals surface area (Å²) in [5.74, 6) is 1.58. The van der Waals surface area contributed by atoms with Gasteiger partial charge in [-0.05, 0) is 17.7 Å². The average Bonchev–Trinajstić information content (AvgIpc) is 3.47. The van der Waals surface area contributed by atoms with Crippen molar-refractivity contribution in [2.75, 3.05) is 26.7 Å². The van der Waals surface area contributed by atoms with E-state index in [-0.39, 0.29) is 18.7 Å². The molecule has 0 spiro atoms. The van der Waals surface area contributed by atoms with Crippen molar-refractivity contribution in [2.24, 2.45) is 0 Å². The van der Waals surface area contributed by atoms with Crippen LogP contribution in [0.25, 0.3) is 22.0 Å². The number of nitrogens with two attached hydrogens (primary N) is 1. The number of fused-ring (bicyclic) bond motifs is 3. The summed E-state index contributed by atoms with van der Waals surface area (Å²) >= 11 is 0. The Hall–Kier alpha value is -4.60. The number of nitrogen functional groups attached to an aromatic ring is 1. The quantitative estimate of drug-likeness (QED) is 0.468. The Bertz CT molecular complexity index is 1510. The molecular weight excluding hydrogens is 450 g/mol. The molecule has 10 heteroatoms. The topological polar surface area (TPSA) is 122 Å². The minimum Gasteiger partial charge on any atom is -0.480 e. The van der Waals surface area contributed by atoms with Crippen molar-refractivity contribution >= 4 is 22.5 Å². The third kappa shape index (κ3) is 3.33. The maximum absolute atomic E-state index is 13.3. The summed E-state index contributed by atoms with van der Waals surface area (Å²) < 4.78 is 21.4. The zero-order chi connectivity index (χ0) is 24.1. The average molecular weight is 471 g/mol.